The van der Waals surface area contributed by atoms with Crippen molar-refractivity contribution < 1.29 is 19.1 Å². The number of methoxy groups -OCH3 is 1. The van der Waals surface area contributed by atoms with E-state index < -0.39 is 18.0 Å². The van der Waals surface area contributed by atoms with Gasteiger partial charge in [0.1, 0.15) is 11.6 Å². The van der Waals surface area contributed by atoms with Crippen LogP contribution in [0.5, 0.6) is 5.75 Å². The summed E-state index contributed by atoms with van der Waals surface area (Å²) in [4.78, 5) is 32.6. The number of aromatic nitrogens is 2. The van der Waals surface area contributed by atoms with Gasteiger partial charge in [0.05, 0.1) is 24.1 Å². The van der Waals surface area contributed by atoms with Crippen LogP contribution in [-0.2, 0) is 9.53 Å². The second-order valence-corrected chi connectivity index (χ2v) is 7.62. The minimum atomic E-state index is -1.01. The molecule has 3 aromatic rings. The van der Waals surface area contributed by atoms with Crippen LogP contribution in [0.1, 0.15) is 34.2 Å². The zero-order chi connectivity index (χ0) is 22.7. The molecule has 1 amide bonds. The number of anilines is 1. The number of H-pyrrole nitrogens is 1. The van der Waals surface area contributed by atoms with Gasteiger partial charge in [-0.15, -0.1) is 0 Å². The van der Waals surface area contributed by atoms with E-state index >= 15 is 0 Å². The standard InChI is InChI=1S/C23H24ClN3O4/c1-12-10-19(20(30-5)11-18(12)24)27-22(28)15(4)31-23(29)17-8-6-16(7-9-17)21-25-13(2)14(3)26-21/h6-11,15H,1-5H3,(H,25,26)(H,27,28). The monoisotopic (exact) mass is 441 g/mol. The van der Waals surface area contributed by atoms with E-state index in [1.54, 1.807) is 36.4 Å². The van der Waals surface area contributed by atoms with Gasteiger partial charge in [-0.05, 0) is 51.5 Å². The molecule has 1 unspecified atom stereocenters. The highest BCUT2D eigenvalue weighted by Gasteiger charge is 2.21. The molecule has 2 N–H and O–H groups in total. The number of hydrogen-bond acceptors (Lipinski definition) is 5. The summed E-state index contributed by atoms with van der Waals surface area (Å²) in [6.07, 6.45) is -1.01. The molecule has 0 saturated heterocycles. The van der Waals surface area contributed by atoms with Crippen molar-refractivity contribution in [2.75, 3.05) is 12.4 Å². The Balaban J connectivity index is 1.66. The lowest BCUT2D eigenvalue weighted by molar-refractivity contribution is -0.123. The highest BCUT2D eigenvalue weighted by atomic mass is 35.5. The van der Waals surface area contributed by atoms with Gasteiger partial charge in [0.25, 0.3) is 5.91 Å². The molecule has 1 atom stereocenters. The summed E-state index contributed by atoms with van der Waals surface area (Å²) >= 11 is 6.09. The van der Waals surface area contributed by atoms with Crippen LogP contribution in [0.2, 0.25) is 5.02 Å². The summed E-state index contributed by atoms with van der Waals surface area (Å²) in [6, 6.07) is 10.2. The Morgan fingerprint density at radius 1 is 1.13 bits per heavy atom. The first-order chi connectivity index (χ1) is 14.7. The van der Waals surface area contributed by atoms with Gasteiger partial charge in [0.2, 0.25) is 0 Å². The van der Waals surface area contributed by atoms with Crippen molar-refractivity contribution in [3.63, 3.8) is 0 Å². The number of ether oxygens (including phenoxy) is 2. The number of aromatic amines is 1. The van der Waals surface area contributed by atoms with Crippen molar-refractivity contribution in [3.8, 4) is 17.1 Å². The Labute approximate surface area is 185 Å². The van der Waals surface area contributed by atoms with Gasteiger partial charge in [0.15, 0.2) is 6.10 Å². The Morgan fingerprint density at radius 3 is 2.39 bits per heavy atom. The number of nitrogens with zero attached hydrogens (tertiary/aromatic N) is 1. The van der Waals surface area contributed by atoms with Gasteiger partial charge in [-0.3, -0.25) is 4.79 Å². The fourth-order valence-electron chi connectivity index (χ4n) is 2.89. The number of esters is 1. The van der Waals surface area contributed by atoms with Crippen molar-refractivity contribution in [2.45, 2.75) is 33.8 Å². The van der Waals surface area contributed by atoms with Crippen LogP contribution in [0, 0.1) is 20.8 Å². The Morgan fingerprint density at radius 2 is 1.81 bits per heavy atom. The number of imidazole rings is 1. The van der Waals surface area contributed by atoms with Gasteiger partial charge in [-0.1, -0.05) is 23.7 Å². The number of aryl methyl sites for hydroxylation is 3. The van der Waals surface area contributed by atoms with Crippen LogP contribution in [-0.4, -0.2) is 35.1 Å². The number of carbonyl (C=O) groups excluding carboxylic acids is 2. The summed E-state index contributed by atoms with van der Waals surface area (Å²) in [5.41, 5.74) is 4.33. The average molecular weight is 442 g/mol. The summed E-state index contributed by atoms with van der Waals surface area (Å²) in [5, 5.41) is 3.24. The lowest BCUT2D eigenvalue weighted by Crippen LogP contribution is -2.30. The molecular formula is C23H24ClN3O4. The Bertz CT molecular complexity index is 1100. The number of amides is 1. The van der Waals surface area contributed by atoms with Crippen LogP contribution < -0.4 is 10.1 Å². The highest BCUT2D eigenvalue weighted by Crippen LogP contribution is 2.31. The third kappa shape index (κ3) is 5.06. The van der Waals surface area contributed by atoms with Crippen molar-refractivity contribution >= 4 is 29.2 Å². The van der Waals surface area contributed by atoms with E-state index in [1.165, 1.54) is 14.0 Å². The molecule has 1 aromatic heterocycles. The minimum absolute atomic E-state index is 0.336. The molecule has 31 heavy (non-hydrogen) atoms. The first kappa shape index (κ1) is 22.4. The number of carbonyl (C=O) groups is 2. The molecule has 162 valence electrons. The van der Waals surface area contributed by atoms with E-state index in [2.05, 4.69) is 15.3 Å². The molecule has 7 nitrogen and oxygen atoms in total. The molecule has 0 fully saturated rings. The number of hydrogen-bond donors (Lipinski definition) is 2. The van der Waals surface area contributed by atoms with Gasteiger partial charge >= 0.3 is 5.97 Å². The van der Waals surface area contributed by atoms with Crippen LogP contribution >= 0.6 is 11.6 Å². The first-order valence-corrected chi connectivity index (χ1v) is 10.1. The molecule has 0 saturated carbocycles. The molecule has 0 bridgehead atoms. The maximum Gasteiger partial charge on any atom is 0.338 e. The number of nitrogens with one attached hydrogen (secondary N) is 2. The van der Waals surface area contributed by atoms with E-state index in [0.29, 0.717) is 22.0 Å². The second-order valence-electron chi connectivity index (χ2n) is 7.21. The predicted molar refractivity (Wildman–Crippen MR) is 120 cm³/mol. The summed E-state index contributed by atoms with van der Waals surface area (Å²) in [5.74, 6) is 0.0723. The van der Waals surface area contributed by atoms with Crippen molar-refractivity contribution in [1.82, 2.24) is 9.97 Å². The molecule has 0 aliphatic heterocycles. The fraction of sp³-hybridized carbons (Fsp3) is 0.261. The molecule has 8 heteroatoms. The molecular weight excluding hydrogens is 418 g/mol. The van der Waals surface area contributed by atoms with Crippen molar-refractivity contribution in [3.05, 3.63) is 63.9 Å². The average Bonchev–Trinajstić information content (AvgIpc) is 3.08. The number of rotatable bonds is 6. The SMILES string of the molecule is COc1cc(Cl)c(C)cc1NC(=O)C(C)OC(=O)c1ccc(-c2nc(C)c(C)[nH]2)cc1. The molecule has 0 spiro atoms. The largest absolute Gasteiger partial charge is 0.495 e. The highest BCUT2D eigenvalue weighted by molar-refractivity contribution is 6.31. The van der Waals surface area contributed by atoms with Crippen molar-refractivity contribution in [2.24, 2.45) is 0 Å². The first-order valence-electron chi connectivity index (χ1n) is 9.69. The maximum atomic E-state index is 12.5. The molecule has 0 aliphatic rings. The number of benzene rings is 2. The van der Waals surface area contributed by atoms with Crippen LogP contribution in [0.25, 0.3) is 11.4 Å². The van der Waals surface area contributed by atoms with Crippen molar-refractivity contribution in [1.29, 1.82) is 0 Å². The molecule has 0 radical (unpaired) electrons. The van der Waals surface area contributed by atoms with E-state index in [4.69, 9.17) is 21.1 Å². The normalized spacial score (nSPS) is 11.7. The van der Waals surface area contributed by atoms with E-state index in [0.717, 1.165) is 28.3 Å². The van der Waals surface area contributed by atoms with Crippen LogP contribution in [0.3, 0.4) is 0 Å². The van der Waals surface area contributed by atoms with E-state index in [-0.39, 0.29) is 0 Å². The van der Waals surface area contributed by atoms with Crippen LogP contribution in [0.4, 0.5) is 5.69 Å². The third-order valence-electron chi connectivity index (χ3n) is 4.91. The van der Waals surface area contributed by atoms with Crippen LogP contribution in [0.15, 0.2) is 36.4 Å². The summed E-state index contributed by atoms with van der Waals surface area (Å²) in [6.45, 7) is 7.19. The Kier molecular flexibility index (Phi) is 6.65. The summed E-state index contributed by atoms with van der Waals surface area (Å²) < 4.78 is 10.6. The molecule has 2 aromatic carbocycles. The lowest BCUT2D eigenvalue weighted by Gasteiger charge is -2.16. The lowest BCUT2D eigenvalue weighted by atomic mass is 10.1. The van der Waals surface area contributed by atoms with Gasteiger partial charge in [-0.25, -0.2) is 9.78 Å². The van der Waals surface area contributed by atoms with Gasteiger partial charge < -0.3 is 19.8 Å². The minimum Gasteiger partial charge on any atom is -0.495 e. The quantitative estimate of drug-likeness (QED) is 0.533. The zero-order valence-corrected chi connectivity index (χ0v) is 18.8. The zero-order valence-electron chi connectivity index (χ0n) is 18.0. The summed E-state index contributed by atoms with van der Waals surface area (Å²) in [7, 11) is 1.48. The molecule has 3 rings (SSSR count). The second kappa shape index (κ2) is 9.22. The number of halogens is 1. The Hall–Kier alpha value is -3.32. The smallest absolute Gasteiger partial charge is 0.338 e. The molecule has 1 heterocycles. The fourth-order valence-corrected chi connectivity index (χ4v) is 3.05. The topological polar surface area (TPSA) is 93.3 Å². The maximum absolute atomic E-state index is 12.5. The predicted octanol–water partition coefficient (Wildman–Crippen LogP) is 4.85. The van der Waals surface area contributed by atoms with E-state index in [9.17, 15) is 9.59 Å². The molecule has 0 aliphatic carbocycles. The van der Waals surface area contributed by atoms with Gasteiger partial charge in [-0.2, -0.15) is 0 Å². The third-order valence-corrected chi connectivity index (χ3v) is 5.32. The van der Waals surface area contributed by atoms with Gasteiger partial charge in [0, 0.05) is 22.3 Å². The van der Waals surface area contributed by atoms with E-state index in [1.807, 2.05) is 20.8 Å².